The molecule has 1 heterocycles. The number of benzene rings is 1. The molecule has 2 aromatic rings. The molecule has 18 heavy (non-hydrogen) atoms. The number of aromatic nitrogens is 2. The predicted molar refractivity (Wildman–Crippen MR) is 70.3 cm³/mol. The Morgan fingerprint density at radius 1 is 1.44 bits per heavy atom. The maximum Gasteiger partial charge on any atom is 0.249 e. The number of carbonyl (C=O) groups excluding carboxylic acids is 1. The van der Waals surface area contributed by atoms with Crippen LogP contribution in [0.1, 0.15) is 27.2 Å². The van der Waals surface area contributed by atoms with Gasteiger partial charge in [0.25, 0.3) is 0 Å². The Kier molecular flexibility index (Phi) is 3.32. The molecule has 1 aromatic carbocycles. The maximum absolute atomic E-state index is 11.2. The van der Waals surface area contributed by atoms with Crippen molar-refractivity contribution in [2.24, 2.45) is 5.73 Å². The van der Waals surface area contributed by atoms with Crippen molar-refractivity contribution >= 4 is 11.6 Å². The molecule has 0 aliphatic carbocycles. The number of rotatable bonds is 4. The molecule has 0 aliphatic heterocycles. The highest BCUT2D eigenvalue weighted by Crippen LogP contribution is 2.19. The number of nitrogens with two attached hydrogens (primary N) is 1. The third-order valence-electron chi connectivity index (χ3n) is 3.00. The van der Waals surface area contributed by atoms with E-state index in [9.17, 15) is 4.79 Å². The number of anilines is 1. The average Bonchev–Trinajstić information content (AvgIpc) is 2.73. The van der Waals surface area contributed by atoms with Gasteiger partial charge in [-0.3, -0.25) is 9.89 Å². The van der Waals surface area contributed by atoms with E-state index < -0.39 is 5.91 Å². The van der Waals surface area contributed by atoms with Gasteiger partial charge < -0.3 is 11.1 Å². The van der Waals surface area contributed by atoms with Crippen LogP contribution in [0.5, 0.6) is 0 Å². The second kappa shape index (κ2) is 4.91. The third kappa shape index (κ3) is 2.34. The van der Waals surface area contributed by atoms with E-state index >= 15 is 0 Å². The predicted octanol–water partition coefficient (Wildman–Crippen LogP) is 1.74. The van der Waals surface area contributed by atoms with Crippen molar-refractivity contribution in [1.82, 2.24) is 10.2 Å². The Labute approximate surface area is 105 Å². The second-order valence-electron chi connectivity index (χ2n) is 4.22. The number of hydrogen-bond donors (Lipinski definition) is 3. The molecule has 0 fully saturated rings. The molecule has 94 valence electrons. The van der Waals surface area contributed by atoms with Crippen molar-refractivity contribution in [3.05, 3.63) is 46.8 Å². The number of aryl methyl sites for hydroxylation is 1. The zero-order chi connectivity index (χ0) is 13.1. The molecule has 5 heteroatoms. The van der Waals surface area contributed by atoms with E-state index in [2.05, 4.69) is 15.5 Å². The first-order valence-corrected chi connectivity index (χ1v) is 5.71. The molecule has 0 atom stereocenters. The lowest BCUT2D eigenvalue weighted by Gasteiger charge is -2.11. The van der Waals surface area contributed by atoms with E-state index in [1.807, 2.05) is 26.0 Å². The van der Waals surface area contributed by atoms with Gasteiger partial charge in [0.05, 0.1) is 6.20 Å². The van der Waals surface area contributed by atoms with Crippen LogP contribution in [0.2, 0.25) is 0 Å². The van der Waals surface area contributed by atoms with Crippen LogP contribution in [0.4, 0.5) is 5.69 Å². The average molecular weight is 244 g/mol. The Morgan fingerprint density at radius 2 is 2.22 bits per heavy atom. The number of nitrogens with zero attached hydrogens (tertiary/aromatic N) is 1. The first-order valence-electron chi connectivity index (χ1n) is 5.71. The molecule has 0 spiro atoms. The molecular formula is C13H16N4O. The van der Waals surface area contributed by atoms with Gasteiger partial charge in [-0.05, 0) is 31.5 Å². The van der Waals surface area contributed by atoms with Gasteiger partial charge in [-0.15, -0.1) is 0 Å². The minimum absolute atomic E-state index is 0.407. The van der Waals surface area contributed by atoms with Gasteiger partial charge in [-0.1, -0.05) is 6.07 Å². The minimum Gasteiger partial charge on any atom is -0.381 e. The van der Waals surface area contributed by atoms with Crippen molar-refractivity contribution in [1.29, 1.82) is 0 Å². The lowest BCUT2D eigenvalue weighted by Crippen LogP contribution is -2.14. The number of primary amides is 1. The van der Waals surface area contributed by atoms with E-state index in [0.717, 1.165) is 22.5 Å². The quantitative estimate of drug-likeness (QED) is 0.766. The molecule has 0 saturated carbocycles. The lowest BCUT2D eigenvalue weighted by molar-refractivity contribution is 0.1000. The first kappa shape index (κ1) is 12.2. The van der Waals surface area contributed by atoms with E-state index in [-0.39, 0.29) is 0 Å². The smallest absolute Gasteiger partial charge is 0.249 e. The Hall–Kier alpha value is -2.30. The first-order chi connectivity index (χ1) is 8.59. The molecule has 1 aromatic heterocycles. The zero-order valence-corrected chi connectivity index (χ0v) is 10.4. The summed E-state index contributed by atoms with van der Waals surface area (Å²) < 4.78 is 0. The summed E-state index contributed by atoms with van der Waals surface area (Å²) in [6, 6.07) is 5.47. The van der Waals surface area contributed by atoms with Gasteiger partial charge in [-0.2, -0.15) is 5.10 Å². The van der Waals surface area contributed by atoms with Gasteiger partial charge in [0, 0.05) is 29.1 Å². The van der Waals surface area contributed by atoms with Gasteiger partial charge in [0.15, 0.2) is 0 Å². The summed E-state index contributed by atoms with van der Waals surface area (Å²) in [5.74, 6) is -0.407. The summed E-state index contributed by atoms with van der Waals surface area (Å²) in [5, 5.41) is 10.1. The SMILES string of the molecule is Cc1[nH]ncc1CNc1cccc(C(N)=O)c1C. The van der Waals surface area contributed by atoms with Crippen molar-refractivity contribution in [2.75, 3.05) is 5.32 Å². The van der Waals surface area contributed by atoms with Crippen LogP contribution in [0, 0.1) is 13.8 Å². The van der Waals surface area contributed by atoms with Crippen LogP contribution < -0.4 is 11.1 Å². The van der Waals surface area contributed by atoms with Crippen LogP contribution >= 0.6 is 0 Å². The number of hydrogen-bond acceptors (Lipinski definition) is 3. The molecule has 0 radical (unpaired) electrons. The molecule has 5 nitrogen and oxygen atoms in total. The highest BCUT2D eigenvalue weighted by atomic mass is 16.1. The highest BCUT2D eigenvalue weighted by molar-refractivity contribution is 5.95. The summed E-state index contributed by atoms with van der Waals surface area (Å²) in [7, 11) is 0. The fraction of sp³-hybridized carbons (Fsp3) is 0.231. The van der Waals surface area contributed by atoms with Crippen LogP contribution in [0.25, 0.3) is 0 Å². The second-order valence-corrected chi connectivity index (χ2v) is 4.22. The number of aromatic amines is 1. The van der Waals surface area contributed by atoms with Crippen molar-refractivity contribution < 1.29 is 4.79 Å². The van der Waals surface area contributed by atoms with Crippen molar-refractivity contribution in [3.8, 4) is 0 Å². The normalized spacial score (nSPS) is 10.3. The molecule has 0 unspecified atom stereocenters. The van der Waals surface area contributed by atoms with Gasteiger partial charge in [0.2, 0.25) is 5.91 Å². The van der Waals surface area contributed by atoms with Crippen LogP contribution in [0.15, 0.2) is 24.4 Å². The van der Waals surface area contributed by atoms with Crippen LogP contribution in [-0.4, -0.2) is 16.1 Å². The Morgan fingerprint density at radius 3 is 2.83 bits per heavy atom. The summed E-state index contributed by atoms with van der Waals surface area (Å²) >= 11 is 0. The lowest BCUT2D eigenvalue weighted by atomic mass is 10.1. The third-order valence-corrected chi connectivity index (χ3v) is 3.00. The molecule has 4 N–H and O–H groups in total. The maximum atomic E-state index is 11.2. The molecule has 0 bridgehead atoms. The summed E-state index contributed by atoms with van der Waals surface area (Å²) in [5.41, 5.74) is 9.77. The van der Waals surface area contributed by atoms with E-state index in [0.29, 0.717) is 12.1 Å². The van der Waals surface area contributed by atoms with Crippen molar-refractivity contribution in [3.63, 3.8) is 0 Å². The minimum atomic E-state index is -0.407. The Bertz CT molecular complexity index is 574. The Balaban J connectivity index is 2.17. The largest absolute Gasteiger partial charge is 0.381 e. The number of carbonyl (C=O) groups is 1. The molecule has 2 rings (SSSR count). The summed E-state index contributed by atoms with van der Waals surface area (Å²) in [6.07, 6.45) is 1.79. The topological polar surface area (TPSA) is 83.8 Å². The van der Waals surface area contributed by atoms with E-state index in [4.69, 9.17) is 5.73 Å². The fourth-order valence-corrected chi connectivity index (χ4v) is 1.84. The zero-order valence-electron chi connectivity index (χ0n) is 10.4. The number of nitrogens with one attached hydrogen (secondary N) is 2. The molecule has 1 amide bonds. The van der Waals surface area contributed by atoms with Crippen molar-refractivity contribution in [2.45, 2.75) is 20.4 Å². The standard InChI is InChI=1S/C13H16N4O/c1-8-11(13(14)18)4-3-5-12(8)15-6-10-7-16-17-9(10)2/h3-5,7,15H,6H2,1-2H3,(H2,14,18)(H,16,17). The molecule has 0 aliphatic rings. The van der Waals surface area contributed by atoms with Gasteiger partial charge in [0.1, 0.15) is 0 Å². The fourth-order valence-electron chi connectivity index (χ4n) is 1.84. The van der Waals surface area contributed by atoms with Crippen LogP contribution in [0.3, 0.4) is 0 Å². The summed E-state index contributed by atoms with van der Waals surface area (Å²) in [6.45, 7) is 4.51. The van der Waals surface area contributed by atoms with Gasteiger partial charge in [-0.25, -0.2) is 0 Å². The van der Waals surface area contributed by atoms with E-state index in [1.165, 1.54) is 0 Å². The summed E-state index contributed by atoms with van der Waals surface area (Å²) in [4.78, 5) is 11.2. The van der Waals surface area contributed by atoms with E-state index in [1.54, 1.807) is 12.3 Å². The molecule has 0 saturated heterocycles. The molecular weight excluding hydrogens is 228 g/mol. The van der Waals surface area contributed by atoms with Gasteiger partial charge >= 0.3 is 0 Å². The monoisotopic (exact) mass is 244 g/mol. The highest BCUT2D eigenvalue weighted by Gasteiger charge is 2.08. The number of amides is 1. The number of H-pyrrole nitrogens is 1. The van der Waals surface area contributed by atoms with Crippen LogP contribution in [-0.2, 0) is 6.54 Å².